The zero-order valence-electron chi connectivity index (χ0n) is 14.2. The molecule has 1 fully saturated rings. The van der Waals surface area contributed by atoms with Crippen LogP contribution < -0.4 is 0 Å². The second-order valence-electron chi connectivity index (χ2n) is 6.51. The van der Waals surface area contributed by atoms with E-state index in [2.05, 4.69) is 15.1 Å². The zero-order valence-corrected chi connectivity index (χ0v) is 15.0. The van der Waals surface area contributed by atoms with Crippen molar-refractivity contribution in [3.8, 4) is 0 Å². The first-order valence-electron chi connectivity index (χ1n) is 8.21. The van der Waals surface area contributed by atoms with Gasteiger partial charge in [-0.05, 0) is 18.6 Å². The molecule has 2 aromatic heterocycles. The van der Waals surface area contributed by atoms with E-state index in [1.165, 1.54) is 4.31 Å². The highest BCUT2D eigenvalue weighted by molar-refractivity contribution is 7.88. The Kier molecular flexibility index (Phi) is 4.02. The van der Waals surface area contributed by atoms with E-state index < -0.39 is 15.6 Å². The number of aryl methyl sites for hydroxylation is 1. The van der Waals surface area contributed by atoms with Crippen LogP contribution in [0.1, 0.15) is 23.7 Å². The van der Waals surface area contributed by atoms with Gasteiger partial charge in [0.15, 0.2) is 11.4 Å². The molecule has 1 aliphatic rings. The monoisotopic (exact) mass is 374 g/mol. The van der Waals surface area contributed by atoms with E-state index in [0.29, 0.717) is 16.9 Å². The minimum absolute atomic E-state index is 0.0551. The molecule has 0 unspecified atom stereocenters. The van der Waals surface area contributed by atoms with Crippen LogP contribution in [0.2, 0.25) is 0 Å². The Morgan fingerprint density at radius 1 is 1.31 bits per heavy atom. The van der Waals surface area contributed by atoms with Crippen LogP contribution in [0, 0.1) is 6.92 Å². The summed E-state index contributed by atoms with van der Waals surface area (Å²) < 4.78 is 32.1. The van der Waals surface area contributed by atoms with Crippen molar-refractivity contribution in [2.45, 2.75) is 24.7 Å². The first kappa shape index (κ1) is 17.1. The minimum Gasteiger partial charge on any atom is -0.379 e. The van der Waals surface area contributed by atoms with Crippen molar-refractivity contribution in [2.24, 2.45) is 0 Å². The average Bonchev–Trinajstić information content (AvgIpc) is 3.23. The van der Waals surface area contributed by atoms with Crippen LogP contribution in [0.3, 0.4) is 0 Å². The van der Waals surface area contributed by atoms with E-state index in [1.54, 1.807) is 19.2 Å². The van der Waals surface area contributed by atoms with Gasteiger partial charge in [-0.15, -0.1) is 0 Å². The van der Waals surface area contributed by atoms with E-state index in [1.807, 2.05) is 24.3 Å². The molecule has 3 aromatic rings. The van der Waals surface area contributed by atoms with Crippen LogP contribution in [0.4, 0.5) is 0 Å². The Morgan fingerprint density at radius 2 is 2.12 bits per heavy atom. The predicted octanol–water partition coefficient (Wildman–Crippen LogP) is 1.35. The lowest BCUT2D eigenvalue weighted by Gasteiger charge is -2.20. The number of pyridine rings is 1. The van der Waals surface area contributed by atoms with Gasteiger partial charge in [-0.1, -0.05) is 29.4 Å². The number of aromatic nitrogens is 3. The number of benzene rings is 1. The lowest BCUT2D eigenvalue weighted by molar-refractivity contribution is 0.0194. The summed E-state index contributed by atoms with van der Waals surface area (Å²) in [6, 6.07) is 9.18. The maximum Gasteiger partial charge on any atom is 0.260 e. The highest BCUT2D eigenvalue weighted by Gasteiger charge is 2.46. The molecule has 0 amide bonds. The maximum absolute atomic E-state index is 12.9. The zero-order chi connectivity index (χ0) is 18.4. The second-order valence-corrected chi connectivity index (χ2v) is 8.48. The smallest absolute Gasteiger partial charge is 0.260 e. The van der Waals surface area contributed by atoms with Crippen molar-refractivity contribution in [2.75, 3.05) is 13.1 Å². The molecule has 4 rings (SSSR count). The summed E-state index contributed by atoms with van der Waals surface area (Å²) in [6.45, 7) is 1.74. The van der Waals surface area contributed by atoms with Crippen LogP contribution in [0.5, 0.6) is 0 Å². The molecule has 3 heterocycles. The Bertz CT molecular complexity index is 1060. The van der Waals surface area contributed by atoms with Gasteiger partial charge < -0.3 is 9.63 Å². The van der Waals surface area contributed by atoms with Crippen molar-refractivity contribution >= 4 is 20.9 Å². The molecule has 1 aromatic carbocycles. The summed E-state index contributed by atoms with van der Waals surface area (Å²) in [5.41, 5.74) is -0.154. The van der Waals surface area contributed by atoms with Gasteiger partial charge in [-0.25, -0.2) is 8.42 Å². The lowest BCUT2D eigenvalue weighted by atomic mass is 10.0. The van der Waals surface area contributed by atoms with E-state index in [0.717, 1.165) is 5.39 Å². The van der Waals surface area contributed by atoms with E-state index in [9.17, 15) is 13.5 Å². The quantitative estimate of drug-likeness (QED) is 0.734. The van der Waals surface area contributed by atoms with E-state index >= 15 is 0 Å². The largest absolute Gasteiger partial charge is 0.379 e. The molecule has 1 atom stereocenters. The van der Waals surface area contributed by atoms with Crippen LogP contribution in [0.25, 0.3) is 10.9 Å². The topological polar surface area (TPSA) is 109 Å². The number of hydrogen-bond donors (Lipinski definition) is 1. The molecular formula is C17H18N4O4S. The molecule has 8 nitrogen and oxygen atoms in total. The number of sulfonamides is 1. The molecule has 1 N–H and O–H groups in total. The van der Waals surface area contributed by atoms with E-state index in [4.69, 9.17) is 4.52 Å². The molecule has 136 valence electrons. The third-order valence-corrected chi connectivity index (χ3v) is 6.36. The predicted molar refractivity (Wildman–Crippen MR) is 93.5 cm³/mol. The summed E-state index contributed by atoms with van der Waals surface area (Å²) in [4.78, 5) is 8.35. The first-order valence-corrected chi connectivity index (χ1v) is 9.82. The Balaban J connectivity index is 1.59. The van der Waals surface area contributed by atoms with Gasteiger partial charge >= 0.3 is 0 Å². The number of nitrogens with zero attached hydrogens (tertiary/aromatic N) is 4. The first-order chi connectivity index (χ1) is 12.4. The highest BCUT2D eigenvalue weighted by atomic mass is 32.2. The number of aliphatic hydroxyl groups is 1. The minimum atomic E-state index is -3.63. The van der Waals surface area contributed by atoms with Crippen molar-refractivity contribution in [3.63, 3.8) is 0 Å². The summed E-state index contributed by atoms with van der Waals surface area (Å²) in [5, 5.41) is 15.3. The fraction of sp³-hybridized carbons (Fsp3) is 0.353. The molecule has 0 radical (unpaired) electrons. The van der Waals surface area contributed by atoms with Gasteiger partial charge in [0, 0.05) is 24.5 Å². The van der Waals surface area contributed by atoms with Gasteiger partial charge in [0.1, 0.15) is 0 Å². The molecule has 1 aliphatic heterocycles. The number of hydrogen-bond acceptors (Lipinski definition) is 7. The van der Waals surface area contributed by atoms with Crippen molar-refractivity contribution in [1.29, 1.82) is 0 Å². The summed E-state index contributed by atoms with van der Waals surface area (Å²) in [7, 11) is -3.63. The summed E-state index contributed by atoms with van der Waals surface area (Å²) in [5.74, 6) is 0.274. The number of fused-ring (bicyclic) bond motifs is 1. The average molecular weight is 374 g/mol. The van der Waals surface area contributed by atoms with Crippen LogP contribution in [-0.4, -0.2) is 46.0 Å². The molecule has 0 spiro atoms. The fourth-order valence-electron chi connectivity index (χ4n) is 3.23. The standard InChI is InChI=1S/C17H18N4O4S/c1-12-19-16(25-20-12)17(22)7-9-21(11-17)26(23,24)10-14-5-2-4-13-6-3-8-18-15(13)14/h2-6,8,22H,7,9-11H2,1H3/t17-/m1/s1. The fourth-order valence-corrected chi connectivity index (χ4v) is 4.82. The molecule has 1 saturated heterocycles. The van der Waals surface area contributed by atoms with Crippen molar-refractivity contribution < 1.29 is 18.0 Å². The number of β-amino-alcohol motifs (C(OH)–C–C–N with tert-alkyl or cyclic N) is 1. The third kappa shape index (κ3) is 2.98. The van der Waals surface area contributed by atoms with Gasteiger partial charge in [-0.3, -0.25) is 4.98 Å². The van der Waals surface area contributed by atoms with Crippen LogP contribution in [0.15, 0.2) is 41.1 Å². The van der Waals surface area contributed by atoms with Crippen LogP contribution in [-0.2, 0) is 21.4 Å². The highest BCUT2D eigenvalue weighted by Crippen LogP contribution is 2.33. The van der Waals surface area contributed by atoms with Gasteiger partial charge in [0.2, 0.25) is 10.0 Å². The molecule has 0 saturated carbocycles. The van der Waals surface area contributed by atoms with Gasteiger partial charge in [-0.2, -0.15) is 9.29 Å². The SMILES string of the molecule is Cc1noc([C@@]2(O)CCN(S(=O)(=O)Cc3cccc4cccnc34)C2)n1. The normalized spacial score (nSPS) is 21.5. The van der Waals surface area contributed by atoms with Crippen LogP contribution >= 0.6 is 0 Å². The lowest BCUT2D eigenvalue weighted by Crippen LogP contribution is -2.35. The second kappa shape index (κ2) is 6.11. The summed E-state index contributed by atoms with van der Waals surface area (Å²) in [6.07, 6.45) is 1.85. The van der Waals surface area contributed by atoms with Crippen molar-refractivity contribution in [3.05, 3.63) is 53.8 Å². The molecular weight excluding hydrogens is 356 g/mol. The Hall–Kier alpha value is -2.36. The van der Waals surface area contributed by atoms with Crippen molar-refractivity contribution in [1.82, 2.24) is 19.4 Å². The molecule has 0 bridgehead atoms. The number of rotatable bonds is 4. The third-order valence-electron chi connectivity index (χ3n) is 4.59. The molecule has 26 heavy (non-hydrogen) atoms. The van der Waals surface area contributed by atoms with Gasteiger partial charge in [0.25, 0.3) is 5.89 Å². The van der Waals surface area contributed by atoms with E-state index in [-0.39, 0.29) is 31.2 Å². The number of para-hydroxylation sites is 1. The van der Waals surface area contributed by atoms with Gasteiger partial charge in [0.05, 0.1) is 17.8 Å². The summed E-state index contributed by atoms with van der Waals surface area (Å²) >= 11 is 0. The maximum atomic E-state index is 12.9. The Labute approximate surface area is 150 Å². The Morgan fingerprint density at radius 3 is 2.88 bits per heavy atom. The molecule has 0 aliphatic carbocycles. The molecule has 9 heteroatoms.